The van der Waals surface area contributed by atoms with Gasteiger partial charge in [-0.05, 0) is 37.0 Å². The van der Waals surface area contributed by atoms with E-state index in [1.807, 2.05) is 18.7 Å². The smallest absolute Gasteiger partial charge is 0.0946 e. The minimum Gasteiger partial charge on any atom is -0.335 e. The van der Waals surface area contributed by atoms with Crippen molar-refractivity contribution in [3.63, 3.8) is 0 Å². The largest absolute Gasteiger partial charge is 0.335 e. The first-order valence-corrected chi connectivity index (χ1v) is 10.9. The SMILES string of the molecule is CC1CSC(CCCc2c(Cl)cc(Cl)cc2Cl)(Cn2ccnc2)S1. The topological polar surface area (TPSA) is 17.8 Å². The Kier molecular flexibility index (Phi) is 6.36. The average Bonchev–Trinajstić information content (AvgIpc) is 3.13. The number of imidazole rings is 1. The fourth-order valence-corrected chi connectivity index (χ4v) is 7.74. The zero-order valence-electron chi connectivity index (χ0n) is 13.3. The van der Waals surface area contributed by atoms with Crippen LogP contribution in [-0.2, 0) is 13.0 Å². The Morgan fingerprint density at radius 3 is 2.62 bits per heavy atom. The molecule has 1 aliphatic heterocycles. The summed E-state index contributed by atoms with van der Waals surface area (Å²) in [5, 5.41) is 2.59. The van der Waals surface area contributed by atoms with Gasteiger partial charge in [-0.25, -0.2) is 4.98 Å². The molecular formula is C17H19Cl3N2S2. The van der Waals surface area contributed by atoms with Gasteiger partial charge in [0.05, 0.1) is 10.4 Å². The van der Waals surface area contributed by atoms with E-state index < -0.39 is 0 Å². The van der Waals surface area contributed by atoms with Gasteiger partial charge in [-0.1, -0.05) is 41.7 Å². The Morgan fingerprint density at radius 1 is 1.29 bits per heavy atom. The van der Waals surface area contributed by atoms with Crippen LogP contribution in [0.4, 0.5) is 0 Å². The highest BCUT2D eigenvalue weighted by Crippen LogP contribution is 2.52. The quantitative estimate of drug-likeness (QED) is 0.535. The van der Waals surface area contributed by atoms with Gasteiger partial charge in [-0.15, -0.1) is 23.5 Å². The third kappa shape index (κ3) is 4.59. The summed E-state index contributed by atoms with van der Waals surface area (Å²) in [7, 11) is 0. The predicted octanol–water partition coefficient (Wildman–Crippen LogP) is 6.43. The molecular weight excluding hydrogens is 403 g/mol. The molecule has 2 unspecified atom stereocenters. The summed E-state index contributed by atoms with van der Waals surface area (Å²) in [5.74, 6) is 1.20. The molecule has 1 fully saturated rings. The van der Waals surface area contributed by atoms with Gasteiger partial charge in [0, 0.05) is 45.0 Å². The van der Waals surface area contributed by atoms with Crippen molar-refractivity contribution in [2.45, 2.75) is 42.1 Å². The molecule has 1 saturated heterocycles. The van der Waals surface area contributed by atoms with E-state index in [9.17, 15) is 0 Å². The van der Waals surface area contributed by atoms with Gasteiger partial charge in [0.25, 0.3) is 0 Å². The molecule has 7 heteroatoms. The van der Waals surface area contributed by atoms with Gasteiger partial charge in [0.15, 0.2) is 0 Å². The first-order chi connectivity index (χ1) is 11.5. The normalized spacial score (nSPS) is 23.8. The minimum atomic E-state index is 0.200. The zero-order valence-corrected chi connectivity index (χ0v) is 17.2. The number of hydrogen-bond acceptors (Lipinski definition) is 3. The molecule has 130 valence electrons. The van der Waals surface area contributed by atoms with E-state index in [-0.39, 0.29) is 4.08 Å². The summed E-state index contributed by atoms with van der Waals surface area (Å²) in [5.41, 5.74) is 1.00. The fraction of sp³-hybridized carbons (Fsp3) is 0.471. The molecule has 0 saturated carbocycles. The maximum absolute atomic E-state index is 6.31. The maximum Gasteiger partial charge on any atom is 0.0946 e. The van der Waals surface area contributed by atoms with Crippen LogP contribution in [0, 0.1) is 0 Å². The summed E-state index contributed by atoms with van der Waals surface area (Å²) in [4.78, 5) is 4.17. The Labute approximate surface area is 166 Å². The molecule has 2 atom stereocenters. The second-order valence-electron chi connectivity index (χ2n) is 6.09. The van der Waals surface area contributed by atoms with Crippen LogP contribution in [-0.4, -0.2) is 24.6 Å². The lowest BCUT2D eigenvalue weighted by Crippen LogP contribution is -2.24. The molecule has 0 radical (unpaired) electrons. The Balaban J connectivity index is 1.66. The van der Waals surface area contributed by atoms with Gasteiger partial charge in [0.1, 0.15) is 0 Å². The number of nitrogens with zero attached hydrogens (tertiary/aromatic N) is 2. The van der Waals surface area contributed by atoms with Gasteiger partial charge >= 0.3 is 0 Å². The van der Waals surface area contributed by atoms with Crippen LogP contribution < -0.4 is 0 Å². The van der Waals surface area contributed by atoms with Crippen molar-refractivity contribution in [1.29, 1.82) is 0 Å². The number of halogens is 3. The van der Waals surface area contributed by atoms with Crippen LogP contribution in [0.25, 0.3) is 0 Å². The molecule has 0 amide bonds. The summed E-state index contributed by atoms with van der Waals surface area (Å²) < 4.78 is 2.38. The number of hydrogen-bond donors (Lipinski definition) is 0. The lowest BCUT2D eigenvalue weighted by atomic mass is 10.1. The molecule has 3 rings (SSSR count). The average molecular weight is 422 g/mol. The molecule has 0 aliphatic carbocycles. The summed E-state index contributed by atoms with van der Waals surface area (Å²) in [6.45, 7) is 3.29. The van der Waals surface area contributed by atoms with Crippen molar-refractivity contribution in [3.05, 3.63) is 51.5 Å². The third-order valence-electron chi connectivity index (χ3n) is 4.07. The first-order valence-electron chi connectivity index (χ1n) is 7.88. The molecule has 2 aromatic rings. The van der Waals surface area contributed by atoms with Crippen molar-refractivity contribution in [2.75, 3.05) is 5.75 Å². The Bertz CT molecular complexity index is 670. The Hall–Kier alpha value is -0.000000000000000167. The van der Waals surface area contributed by atoms with Crippen LogP contribution in [0.2, 0.25) is 15.1 Å². The molecule has 1 aliphatic rings. The van der Waals surface area contributed by atoms with Crippen LogP contribution in [0.1, 0.15) is 25.3 Å². The van der Waals surface area contributed by atoms with E-state index in [1.54, 1.807) is 12.1 Å². The molecule has 24 heavy (non-hydrogen) atoms. The number of thioether (sulfide) groups is 2. The highest BCUT2D eigenvalue weighted by Gasteiger charge is 2.39. The van der Waals surface area contributed by atoms with E-state index in [2.05, 4.69) is 40.0 Å². The van der Waals surface area contributed by atoms with E-state index >= 15 is 0 Å². The zero-order chi connectivity index (χ0) is 17.2. The molecule has 0 bridgehead atoms. The second kappa shape index (κ2) is 8.13. The van der Waals surface area contributed by atoms with Crippen molar-refractivity contribution in [2.24, 2.45) is 0 Å². The fourth-order valence-electron chi connectivity index (χ4n) is 3.00. The monoisotopic (exact) mass is 420 g/mol. The minimum absolute atomic E-state index is 0.200. The number of aromatic nitrogens is 2. The molecule has 1 aromatic carbocycles. The molecule has 0 spiro atoms. The van der Waals surface area contributed by atoms with Gasteiger partial charge in [0.2, 0.25) is 0 Å². The Morgan fingerprint density at radius 2 is 2.04 bits per heavy atom. The highest BCUT2D eigenvalue weighted by atomic mass is 35.5. The summed E-state index contributed by atoms with van der Waals surface area (Å²) >= 11 is 22.8. The van der Waals surface area contributed by atoms with E-state index in [0.29, 0.717) is 20.3 Å². The summed E-state index contributed by atoms with van der Waals surface area (Å²) in [6.07, 6.45) is 8.81. The first kappa shape index (κ1) is 18.8. The maximum atomic E-state index is 6.31. The van der Waals surface area contributed by atoms with Crippen molar-refractivity contribution in [3.8, 4) is 0 Å². The van der Waals surface area contributed by atoms with E-state index in [4.69, 9.17) is 34.8 Å². The van der Waals surface area contributed by atoms with Gasteiger partial charge < -0.3 is 4.57 Å². The third-order valence-corrected chi connectivity index (χ3v) is 8.67. The van der Waals surface area contributed by atoms with E-state index in [1.165, 1.54) is 5.75 Å². The molecule has 2 heterocycles. The lowest BCUT2D eigenvalue weighted by molar-refractivity contribution is 0.571. The molecule has 2 nitrogen and oxygen atoms in total. The molecule has 0 N–H and O–H groups in total. The number of benzene rings is 1. The van der Waals surface area contributed by atoms with Crippen molar-refractivity contribution < 1.29 is 0 Å². The van der Waals surface area contributed by atoms with Crippen LogP contribution >= 0.6 is 58.3 Å². The van der Waals surface area contributed by atoms with Crippen molar-refractivity contribution in [1.82, 2.24) is 9.55 Å². The highest BCUT2D eigenvalue weighted by molar-refractivity contribution is 8.21. The van der Waals surface area contributed by atoms with Crippen molar-refractivity contribution >= 4 is 58.3 Å². The molecule has 1 aromatic heterocycles. The lowest BCUT2D eigenvalue weighted by Gasteiger charge is -2.28. The number of rotatable bonds is 6. The standard InChI is InChI=1S/C17H19Cl3N2S2/c1-12-9-23-17(24-12,10-22-6-5-21-11-22)4-2-3-14-15(19)7-13(18)8-16(14)20/h5-8,11-12H,2-4,9-10H2,1H3. The van der Waals surface area contributed by atoms with Gasteiger partial charge in [-0.3, -0.25) is 0 Å². The van der Waals surface area contributed by atoms with Gasteiger partial charge in [-0.2, -0.15) is 0 Å². The van der Waals surface area contributed by atoms with Crippen LogP contribution in [0.5, 0.6) is 0 Å². The van der Waals surface area contributed by atoms with E-state index in [0.717, 1.165) is 31.4 Å². The summed E-state index contributed by atoms with van der Waals surface area (Å²) in [6, 6.07) is 3.54. The second-order valence-corrected chi connectivity index (χ2v) is 10.8. The van der Waals surface area contributed by atoms with Crippen LogP contribution in [0.3, 0.4) is 0 Å². The van der Waals surface area contributed by atoms with Crippen LogP contribution in [0.15, 0.2) is 30.9 Å². The predicted molar refractivity (Wildman–Crippen MR) is 109 cm³/mol.